The van der Waals surface area contributed by atoms with Gasteiger partial charge in [0.05, 0.1) is 5.69 Å². The van der Waals surface area contributed by atoms with Gasteiger partial charge in [-0.15, -0.1) is 0 Å². The van der Waals surface area contributed by atoms with Crippen molar-refractivity contribution in [3.05, 3.63) is 59.7 Å². The molecule has 1 saturated heterocycles. The fraction of sp³-hybridized carbons (Fsp3) is 0.450. The van der Waals surface area contributed by atoms with E-state index in [0.29, 0.717) is 12.0 Å². The number of nitrogens with one attached hydrogen (secondary N) is 1. The van der Waals surface area contributed by atoms with Crippen molar-refractivity contribution in [3.8, 4) is 0 Å². The van der Waals surface area contributed by atoms with Crippen LogP contribution >= 0.6 is 0 Å². The van der Waals surface area contributed by atoms with Crippen LogP contribution < -0.4 is 5.32 Å². The molecule has 6 nitrogen and oxygen atoms in total. The van der Waals surface area contributed by atoms with Gasteiger partial charge in [-0.25, -0.2) is 0 Å². The second-order valence-corrected chi connectivity index (χ2v) is 7.05. The molecule has 0 aliphatic carbocycles. The average molecular weight is 353 g/mol. The molecule has 1 amide bonds. The summed E-state index contributed by atoms with van der Waals surface area (Å²) >= 11 is 0. The molecule has 1 aliphatic rings. The molecule has 1 N–H and O–H groups in total. The highest BCUT2D eigenvalue weighted by atomic mass is 16.1. The van der Waals surface area contributed by atoms with Crippen molar-refractivity contribution in [2.45, 2.75) is 25.9 Å². The topological polar surface area (TPSA) is 61.4 Å². The molecule has 1 atom stereocenters. The van der Waals surface area contributed by atoms with Gasteiger partial charge < -0.3 is 10.2 Å². The van der Waals surface area contributed by atoms with Crippen molar-refractivity contribution in [2.75, 3.05) is 33.2 Å². The Morgan fingerprint density at radius 3 is 2.54 bits per heavy atom. The number of aromatic nitrogens is 2. The molecular formula is C20H27N5O. The lowest BCUT2D eigenvalue weighted by molar-refractivity contribution is 0.0940. The monoisotopic (exact) mass is 353 g/mol. The first-order valence-corrected chi connectivity index (χ1v) is 9.16. The van der Waals surface area contributed by atoms with Crippen LogP contribution in [0.3, 0.4) is 0 Å². The summed E-state index contributed by atoms with van der Waals surface area (Å²) in [7, 11) is 2.16. The number of benzene rings is 1. The largest absolute Gasteiger partial charge is 0.349 e. The first kappa shape index (κ1) is 18.5. The van der Waals surface area contributed by atoms with E-state index in [1.165, 1.54) is 5.56 Å². The van der Waals surface area contributed by atoms with Crippen LogP contribution in [0.25, 0.3) is 0 Å². The Kier molecular flexibility index (Phi) is 6.30. The Balaban J connectivity index is 1.50. The number of carbonyl (C=O) groups excluding carboxylic acids is 1. The summed E-state index contributed by atoms with van der Waals surface area (Å²) in [5, 5.41) is 3.03. The van der Waals surface area contributed by atoms with E-state index in [1.807, 2.05) is 19.1 Å². The summed E-state index contributed by atoms with van der Waals surface area (Å²) in [6.45, 7) is 7.35. The molecule has 0 radical (unpaired) electrons. The summed E-state index contributed by atoms with van der Waals surface area (Å²) in [4.78, 5) is 25.5. The van der Waals surface area contributed by atoms with Crippen molar-refractivity contribution < 1.29 is 4.79 Å². The molecule has 1 aromatic carbocycles. The molecule has 26 heavy (non-hydrogen) atoms. The Bertz CT molecular complexity index is 696. The third-order valence-electron chi connectivity index (χ3n) is 4.73. The molecule has 2 aromatic rings. The number of piperazine rings is 1. The lowest BCUT2D eigenvalue weighted by Gasteiger charge is -2.32. The van der Waals surface area contributed by atoms with E-state index in [9.17, 15) is 4.79 Å². The van der Waals surface area contributed by atoms with E-state index in [2.05, 4.69) is 44.3 Å². The van der Waals surface area contributed by atoms with Crippen LogP contribution in [0.1, 0.15) is 28.5 Å². The minimum absolute atomic E-state index is 0.00390. The molecule has 1 fully saturated rings. The van der Waals surface area contributed by atoms with Gasteiger partial charge in [0.1, 0.15) is 0 Å². The SMILES string of the molecule is CC(Cc1cnccn1)NC(=O)c1ccc(CN2CCN(C)CC2)cc1. The molecule has 6 heteroatoms. The molecule has 0 bridgehead atoms. The second kappa shape index (κ2) is 8.87. The van der Waals surface area contributed by atoms with Gasteiger partial charge in [-0.05, 0) is 31.7 Å². The van der Waals surface area contributed by atoms with Crippen LogP contribution in [0, 0.1) is 0 Å². The maximum absolute atomic E-state index is 12.4. The zero-order chi connectivity index (χ0) is 18.4. The van der Waals surface area contributed by atoms with E-state index >= 15 is 0 Å². The van der Waals surface area contributed by atoms with Crippen molar-refractivity contribution >= 4 is 5.91 Å². The predicted molar refractivity (Wildman–Crippen MR) is 102 cm³/mol. The van der Waals surface area contributed by atoms with Gasteiger partial charge in [-0.2, -0.15) is 0 Å². The number of carbonyl (C=O) groups is 1. The van der Waals surface area contributed by atoms with E-state index in [4.69, 9.17) is 0 Å². The fourth-order valence-corrected chi connectivity index (χ4v) is 3.13. The highest BCUT2D eigenvalue weighted by Gasteiger charge is 2.15. The molecule has 1 aliphatic heterocycles. The van der Waals surface area contributed by atoms with E-state index in [-0.39, 0.29) is 11.9 Å². The quantitative estimate of drug-likeness (QED) is 0.854. The number of likely N-dealkylation sites (N-methyl/N-ethyl adjacent to an activating group) is 1. The van der Waals surface area contributed by atoms with Crippen LogP contribution in [-0.4, -0.2) is 64.9 Å². The van der Waals surface area contributed by atoms with E-state index in [1.54, 1.807) is 18.6 Å². The van der Waals surface area contributed by atoms with Crippen LogP contribution in [0.5, 0.6) is 0 Å². The highest BCUT2D eigenvalue weighted by molar-refractivity contribution is 5.94. The molecule has 138 valence electrons. The van der Waals surface area contributed by atoms with Gasteiger partial charge in [0.2, 0.25) is 0 Å². The number of nitrogens with zero attached hydrogens (tertiary/aromatic N) is 4. The number of rotatable bonds is 6. The van der Waals surface area contributed by atoms with Crippen molar-refractivity contribution in [1.82, 2.24) is 25.1 Å². The summed E-state index contributed by atoms with van der Waals surface area (Å²) in [5.41, 5.74) is 2.82. The van der Waals surface area contributed by atoms with Gasteiger partial charge in [0.25, 0.3) is 5.91 Å². The van der Waals surface area contributed by atoms with Gasteiger partial charge in [-0.1, -0.05) is 12.1 Å². The molecule has 0 spiro atoms. The predicted octanol–water partition coefficient (Wildman–Crippen LogP) is 1.58. The molecule has 1 aromatic heterocycles. The van der Waals surface area contributed by atoms with Crippen LogP contribution in [0.2, 0.25) is 0 Å². The first-order valence-electron chi connectivity index (χ1n) is 9.16. The van der Waals surface area contributed by atoms with Gasteiger partial charge in [0, 0.05) is 69.3 Å². The van der Waals surface area contributed by atoms with Crippen molar-refractivity contribution in [1.29, 1.82) is 0 Å². The van der Waals surface area contributed by atoms with E-state index < -0.39 is 0 Å². The minimum Gasteiger partial charge on any atom is -0.349 e. The summed E-state index contributed by atoms with van der Waals surface area (Å²) < 4.78 is 0. The highest BCUT2D eigenvalue weighted by Crippen LogP contribution is 2.10. The Morgan fingerprint density at radius 1 is 1.15 bits per heavy atom. The Hall–Kier alpha value is -2.31. The summed E-state index contributed by atoms with van der Waals surface area (Å²) in [6, 6.07) is 7.94. The average Bonchev–Trinajstić information content (AvgIpc) is 2.65. The summed E-state index contributed by atoms with van der Waals surface area (Å²) in [5.74, 6) is -0.0486. The Labute approximate surface area is 155 Å². The zero-order valence-corrected chi connectivity index (χ0v) is 15.6. The summed E-state index contributed by atoms with van der Waals surface area (Å²) in [6.07, 6.45) is 5.72. The van der Waals surface area contributed by atoms with Crippen molar-refractivity contribution in [3.63, 3.8) is 0 Å². The lowest BCUT2D eigenvalue weighted by atomic mass is 10.1. The third kappa shape index (κ3) is 5.34. The van der Waals surface area contributed by atoms with Crippen LogP contribution in [-0.2, 0) is 13.0 Å². The van der Waals surface area contributed by atoms with Gasteiger partial charge >= 0.3 is 0 Å². The third-order valence-corrected chi connectivity index (χ3v) is 4.73. The lowest BCUT2D eigenvalue weighted by Crippen LogP contribution is -2.43. The molecule has 0 saturated carbocycles. The van der Waals surface area contributed by atoms with Crippen molar-refractivity contribution in [2.24, 2.45) is 0 Å². The molecular weight excluding hydrogens is 326 g/mol. The number of amides is 1. The zero-order valence-electron chi connectivity index (χ0n) is 15.6. The van der Waals surface area contributed by atoms with Gasteiger partial charge in [-0.3, -0.25) is 19.7 Å². The number of hydrogen-bond acceptors (Lipinski definition) is 5. The maximum Gasteiger partial charge on any atom is 0.251 e. The minimum atomic E-state index is -0.0486. The first-order chi connectivity index (χ1) is 12.6. The van der Waals surface area contributed by atoms with Crippen LogP contribution in [0.4, 0.5) is 0 Å². The normalized spacial score (nSPS) is 17.0. The van der Waals surface area contributed by atoms with E-state index in [0.717, 1.165) is 38.4 Å². The van der Waals surface area contributed by atoms with Gasteiger partial charge in [0.15, 0.2) is 0 Å². The second-order valence-electron chi connectivity index (χ2n) is 7.05. The Morgan fingerprint density at radius 2 is 1.88 bits per heavy atom. The van der Waals surface area contributed by atoms with Crippen LogP contribution in [0.15, 0.2) is 42.9 Å². The smallest absolute Gasteiger partial charge is 0.251 e. The molecule has 3 rings (SSSR count). The molecule has 2 heterocycles. The molecule has 1 unspecified atom stereocenters. The maximum atomic E-state index is 12.4. The number of hydrogen-bond donors (Lipinski definition) is 1. The standard InChI is InChI=1S/C20H27N5O/c1-16(13-19-14-21-7-8-22-19)23-20(26)18-5-3-17(4-6-18)15-25-11-9-24(2)10-12-25/h3-8,14,16H,9-13,15H2,1-2H3,(H,23,26). The fourth-order valence-electron chi connectivity index (χ4n) is 3.13.